The van der Waals surface area contributed by atoms with Crippen molar-refractivity contribution in [3.63, 3.8) is 0 Å². The average Bonchev–Trinajstić information content (AvgIpc) is 3.48. The Bertz CT molecular complexity index is 3350. The molecule has 1 heterocycles. The molecule has 0 saturated carbocycles. The van der Waals surface area contributed by atoms with Gasteiger partial charge in [0, 0.05) is 46.7 Å². The van der Waals surface area contributed by atoms with Gasteiger partial charge in [0.05, 0.1) is 17.1 Å². The second-order valence-corrected chi connectivity index (χ2v) is 16.9. The first-order valence-electron chi connectivity index (χ1n) is 22.6. The maximum absolute atomic E-state index is 12.3. The van der Waals surface area contributed by atoms with Crippen LogP contribution < -0.4 is 9.80 Å². The second-order valence-electron chi connectivity index (χ2n) is 16.9. The molecule has 0 spiro atoms. The molecule has 6 heteroatoms. The van der Waals surface area contributed by atoms with Crippen LogP contribution in [-0.2, 0) is 6.54 Å². The molecule has 0 saturated heterocycles. The van der Waals surface area contributed by atoms with E-state index in [1.165, 1.54) is 11.1 Å². The average molecular weight is 879 g/mol. The standard InChI is InChI=1S/C62H47BN2O3/c1-41(43-18-6-3-7-19-43)32-33-42(2)44-34-36-50(37-35-44)65(60-59(63)57(66)39-54(61(67)62(60)68)45-20-8-4-9-21-45)56-31-15-12-27-51(56)46-22-16-23-47(38-46)52-29-17-24-48-40-64(49-25-10-5-11-26-49)55-30-14-13-28-53(55)58(48)52/h3-38,66-68H,1-2,39-40H2/b33-32-. The minimum Gasteiger partial charge on any atom is -0.513 e. The fourth-order valence-electron chi connectivity index (χ4n) is 9.30. The van der Waals surface area contributed by atoms with Gasteiger partial charge in [0.15, 0.2) is 11.5 Å². The van der Waals surface area contributed by atoms with E-state index in [0.717, 1.165) is 68.0 Å². The highest BCUT2D eigenvalue weighted by molar-refractivity contribution is 6.25. The number of benzene rings is 8. The molecule has 0 bridgehead atoms. The number of hydrogen-bond acceptors (Lipinski definition) is 5. The van der Waals surface area contributed by atoms with E-state index in [-0.39, 0.29) is 29.1 Å². The molecule has 1 aliphatic carbocycles. The summed E-state index contributed by atoms with van der Waals surface area (Å²) in [6.45, 7) is 9.32. The molecule has 8 aromatic carbocycles. The third-order valence-electron chi connectivity index (χ3n) is 12.8. The van der Waals surface area contributed by atoms with Crippen LogP contribution in [0.25, 0.3) is 50.1 Å². The minimum absolute atomic E-state index is 0.0388. The van der Waals surface area contributed by atoms with Crippen LogP contribution in [0.15, 0.2) is 260 Å². The maximum atomic E-state index is 12.3. The summed E-state index contributed by atoms with van der Waals surface area (Å²) in [5.41, 5.74) is 15.5. The molecule has 0 aromatic heterocycles. The summed E-state index contributed by atoms with van der Waals surface area (Å²) < 4.78 is 0. The molecule has 0 unspecified atom stereocenters. The molecule has 3 N–H and O–H groups in total. The predicted molar refractivity (Wildman–Crippen MR) is 283 cm³/mol. The first-order valence-corrected chi connectivity index (χ1v) is 22.6. The number of nitrogens with zero attached hydrogens (tertiary/aromatic N) is 2. The number of anilines is 4. The highest BCUT2D eigenvalue weighted by Gasteiger charge is 2.31. The molecule has 0 atom stereocenters. The van der Waals surface area contributed by atoms with E-state index in [4.69, 9.17) is 7.85 Å². The summed E-state index contributed by atoms with van der Waals surface area (Å²) in [5.74, 6) is -1.03. The fraction of sp³-hybridized carbons (Fsp3) is 0.0323. The zero-order valence-electron chi connectivity index (χ0n) is 37.4. The lowest BCUT2D eigenvalue weighted by molar-refractivity contribution is 0.324. The molecule has 2 aliphatic rings. The lowest BCUT2D eigenvalue weighted by Gasteiger charge is -2.34. The summed E-state index contributed by atoms with van der Waals surface area (Å²) in [4.78, 5) is 4.18. The normalized spacial score (nSPS) is 13.6. The first-order chi connectivity index (χ1) is 33.2. The first kappa shape index (κ1) is 43.2. The molecule has 68 heavy (non-hydrogen) atoms. The van der Waals surface area contributed by atoms with Crippen LogP contribution in [-0.4, -0.2) is 23.2 Å². The number of rotatable bonds is 11. The van der Waals surface area contributed by atoms with Crippen molar-refractivity contribution in [1.29, 1.82) is 0 Å². The van der Waals surface area contributed by atoms with E-state index < -0.39 is 5.76 Å². The summed E-state index contributed by atoms with van der Waals surface area (Å²) in [5, 5.41) is 36.0. The lowest BCUT2D eigenvalue weighted by atomic mass is 9.85. The van der Waals surface area contributed by atoms with E-state index >= 15 is 0 Å². The topological polar surface area (TPSA) is 67.2 Å². The van der Waals surface area contributed by atoms with E-state index in [9.17, 15) is 15.3 Å². The van der Waals surface area contributed by atoms with Gasteiger partial charge in [-0.15, -0.1) is 0 Å². The van der Waals surface area contributed by atoms with Gasteiger partial charge in [-0.2, -0.15) is 0 Å². The summed E-state index contributed by atoms with van der Waals surface area (Å²) >= 11 is 0. The van der Waals surface area contributed by atoms with Gasteiger partial charge in [-0.3, -0.25) is 0 Å². The molecule has 0 amide bonds. The Labute approximate surface area is 399 Å². The summed E-state index contributed by atoms with van der Waals surface area (Å²) in [6, 6.07) is 69.0. The Kier molecular flexibility index (Phi) is 11.8. The highest BCUT2D eigenvalue weighted by Crippen LogP contribution is 2.48. The van der Waals surface area contributed by atoms with E-state index in [1.807, 2.05) is 132 Å². The van der Waals surface area contributed by atoms with E-state index in [1.54, 1.807) is 0 Å². The number of fused-ring (bicyclic) bond motifs is 3. The predicted octanol–water partition coefficient (Wildman–Crippen LogP) is 15.8. The Hall–Kier alpha value is -8.74. The van der Waals surface area contributed by atoms with Crippen molar-refractivity contribution in [2.24, 2.45) is 0 Å². The zero-order valence-corrected chi connectivity index (χ0v) is 37.4. The van der Waals surface area contributed by atoms with Gasteiger partial charge < -0.3 is 25.1 Å². The number of aliphatic hydroxyl groups excluding tert-OH is 3. The Morgan fingerprint density at radius 1 is 0.529 bits per heavy atom. The van der Waals surface area contributed by atoms with Crippen molar-refractivity contribution >= 4 is 47.3 Å². The van der Waals surface area contributed by atoms with Crippen LogP contribution in [0, 0.1) is 0 Å². The van der Waals surface area contributed by atoms with Gasteiger partial charge in [-0.05, 0) is 104 Å². The maximum Gasteiger partial charge on any atom is 0.181 e. The minimum atomic E-state index is -0.469. The van der Waals surface area contributed by atoms with E-state index in [2.05, 4.69) is 109 Å². The Balaban J connectivity index is 1.10. The van der Waals surface area contributed by atoms with Crippen molar-refractivity contribution in [1.82, 2.24) is 0 Å². The van der Waals surface area contributed by atoms with Gasteiger partial charge in [0.2, 0.25) is 0 Å². The lowest BCUT2D eigenvalue weighted by Crippen LogP contribution is -2.22. The van der Waals surface area contributed by atoms with Crippen molar-refractivity contribution in [3.8, 4) is 33.4 Å². The van der Waals surface area contributed by atoms with Crippen LogP contribution in [0.3, 0.4) is 0 Å². The third-order valence-corrected chi connectivity index (χ3v) is 12.8. The van der Waals surface area contributed by atoms with Gasteiger partial charge >= 0.3 is 0 Å². The summed E-state index contributed by atoms with van der Waals surface area (Å²) in [7, 11) is 6.92. The van der Waals surface area contributed by atoms with Crippen LogP contribution in [0.4, 0.5) is 22.7 Å². The molecule has 8 aromatic rings. The molecule has 10 rings (SSSR count). The van der Waals surface area contributed by atoms with Gasteiger partial charge in [-0.25, -0.2) is 0 Å². The highest BCUT2D eigenvalue weighted by atomic mass is 16.3. The number of allylic oxidation sites excluding steroid dienone is 6. The van der Waals surface area contributed by atoms with Gasteiger partial charge in [-0.1, -0.05) is 189 Å². The van der Waals surface area contributed by atoms with Crippen LogP contribution in [0.2, 0.25) is 0 Å². The quantitative estimate of drug-likeness (QED) is 0.0892. The molecule has 2 radical (unpaired) electrons. The van der Waals surface area contributed by atoms with Crippen molar-refractivity contribution < 1.29 is 15.3 Å². The number of hydrogen-bond donors (Lipinski definition) is 3. The fourth-order valence-corrected chi connectivity index (χ4v) is 9.30. The van der Waals surface area contributed by atoms with E-state index in [0.29, 0.717) is 22.5 Å². The number of aliphatic hydroxyl groups is 3. The third kappa shape index (κ3) is 8.25. The molecule has 5 nitrogen and oxygen atoms in total. The smallest absolute Gasteiger partial charge is 0.181 e. The second kappa shape index (κ2) is 18.6. The van der Waals surface area contributed by atoms with Gasteiger partial charge in [0.25, 0.3) is 0 Å². The Morgan fingerprint density at radius 2 is 1.07 bits per heavy atom. The molecular weight excluding hydrogens is 832 g/mol. The van der Waals surface area contributed by atoms with Crippen LogP contribution in [0.5, 0.6) is 0 Å². The molecule has 326 valence electrons. The van der Waals surface area contributed by atoms with Crippen LogP contribution >= 0.6 is 0 Å². The summed E-state index contributed by atoms with van der Waals surface area (Å²) in [6.07, 6.45) is 3.80. The monoisotopic (exact) mass is 878 g/mol. The molecular formula is C62H47BN2O3. The molecule has 1 aliphatic heterocycles. The van der Waals surface area contributed by atoms with Gasteiger partial charge in [0.1, 0.15) is 7.85 Å². The number of para-hydroxylation sites is 3. The van der Waals surface area contributed by atoms with Crippen molar-refractivity contribution in [2.45, 2.75) is 13.0 Å². The largest absolute Gasteiger partial charge is 0.513 e. The Morgan fingerprint density at radius 3 is 1.78 bits per heavy atom. The molecule has 0 fully saturated rings. The van der Waals surface area contributed by atoms with Crippen LogP contribution in [0.1, 0.15) is 28.7 Å². The van der Waals surface area contributed by atoms with Crippen molar-refractivity contribution in [2.75, 3.05) is 9.80 Å². The van der Waals surface area contributed by atoms with Crippen molar-refractivity contribution in [3.05, 3.63) is 282 Å². The zero-order chi connectivity index (χ0) is 46.7. The SMILES string of the molecule is [B]C1=C(O)CC(c2ccccc2)=C(O)C(O)=C1N(c1ccc(C(=C)/C=C\C(=C)c2ccccc2)cc1)c1ccccc1-c1cccc(-c2cccc3c2-c2ccccc2N(c2ccccc2)C3)c1.